The number of hydrogen-bond acceptors (Lipinski definition) is 5. The lowest BCUT2D eigenvalue weighted by Gasteiger charge is -2.20. The Morgan fingerprint density at radius 2 is 1.84 bits per heavy atom. The number of aromatic nitrogens is 2. The third-order valence-electron chi connectivity index (χ3n) is 5.50. The van der Waals surface area contributed by atoms with E-state index in [2.05, 4.69) is 24.2 Å². The van der Waals surface area contributed by atoms with Crippen molar-refractivity contribution in [1.29, 1.82) is 0 Å². The first-order valence-electron chi connectivity index (χ1n) is 11.3. The molecular formula is C28H24ClN3O4S. The van der Waals surface area contributed by atoms with Crippen LogP contribution in [-0.2, 0) is 11.3 Å². The average Bonchev–Trinajstić information content (AvgIpc) is 3.31. The van der Waals surface area contributed by atoms with Gasteiger partial charge in [-0.05, 0) is 64.1 Å². The fraction of sp³-hybridized carbons (Fsp3) is 0.107. The second-order valence-corrected chi connectivity index (χ2v) is 9.01. The number of nitrogens with zero attached hydrogens (tertiary/aromatic N) is 3. The van der Waals surface area contributed by atoms with Crippen molar-refractivity contribution in [3.05, 3.63) is 113 Å². The summed E-state index contributed by atoms with van der Waals surface area (Å²) in [4.78, 5) is 30.5. The van der Waals surface area contributed by atoms with Gasteiger partial charge in [0.15, 0.2) is 0 Å². The number of fused-ring (bicyclic) bond motifs is 1. The summed E-state index contributed by atoms with van der Waals surface area (Å²) < 4.78 is 7.39. The smallest absolute Gasteiger partial charge is 0.323 e. The number of hydrogen-bond donors (Lipinski definition) is 2. The van der Waals surface area contributed by atoms with Crippen molar-refractivity contribution in [2.24, 2.45) is 0 Å². The molecule has 0 atom stereocenters. The molecule has 0 spiro atoms. The molecule has 2 aromatic carbocycles. The Kier molecular flexibility index (Phi) is 8.32. The van der Waals surface area contributed by atoms with Gasteiger partial charge in [0.25, 0.3) is 5.91 Å². The number of imidazole rings is 1. The van der Waals surface area contributed by atoms with Crippen LogP contribution in [0.4, 0.5) is 0 Å². The van der Waals surface area contributed by atoms with Gasteiger partial charge in [-0.15, -0.1) is 0 Å². The molecule has 0 fully saturated rings. The van der Waals surface area contributed by atoms with Gasteiger partial charge >= 0.3 is 5.97 Å². The second kappa shape index (κ2) is 11.8. The maximum atomic E-state index is 13.3. The number of carbonyl (C=O) groups excluding carboxylic acids is 1. The number of rotatable bonds is 10. The Balaban J connectivity index is 1.51. The van der Waals surface area contributed by atoms with Gasteiger partial charge in [0.1, 0.15) is 30.2 Å². The molecule has 9 heteroatoms. The molecular weight excluding hydrogens is 510 g/mol. The van der Waals surface area contributed by atoms with Crippen LogP contribution in [-0.4, -0.2) is 44.4 Å². The largest absolute Gasteiger partial charge is 0.489 e. The molecule has 0 aliphatic heterocycles. The molecule has 0 aliphatic rings. The molecule has 4 rings (SSSR count). The normalized spacial score (nSPS) is 11.1. The number of carbonyl (C=O) groups is 2. The summed E-state index contributed by atoms with van der Waals surface area (Å²) in [5, 5.41) is 11.7. The van der Waals surface area contributed by atoms with Crippen LogP contribution in [0.25, 0.3) is 16.8 Å². The number of aliphatic carboxylic acids is 1. The maximum absolute atomic E-state index is 13.3. The monoisotopic (exact) mass is 533 g/mol. The lowest BCUT2D eigenvalue weighted by Crippen LogP contribution is -2.35. The van der Waals surface area contributed by atoms with Crippen molar-refractivity contribution in [3.63, 3.8) is 0 Å². The Labute approximate surface area is 224 Å². The number of halogens is 1. The number of benzene rings is 2. The van der Waals surface area contributed by atoms with E-state index >= 15 is 0 Å². The maximum Gasteiger partial charge on any atom is 0.323 e. The Morgan fingerprint density at radius 1 is 1.11 bits per heavy atom. The average molecular weight is 534 g/mol. The molecule has 37 heavy (non-hydrogen) atoms. The minimum atomic E-state index is -1.11. The van der Waals surface area contributed by atoms with E-state index in [9.17, 15) is 14.7 Å². The number of thiol groups is 1. The Bertz CT molecular complexity index is 1460. The van der Waals surface area contributed by atoms with Gasteiger partial charge in [0.2, 0.25) is 0 Å². The van der Waals surface area contributed by atoms with Crippen LogP contribution in [0.3, 0.4) is 0 Å². The van der Waals surface area contributed by atoms with Gasteiger partial charge in [-0.3, -0.25) is 9.59 Å². The first-order valence-corrected chi connectivity index (χ1v) is 12.2. The zero-order valence-electron chi connectivity index (χ0n) is 19.8. The zero-order chi connectivity index (χ0) is 26.4. The summed E-state index contributed by atoms with van der Waals surface area (Å²) in [6.45, 7) is 3.81. The highest BCUT2D eigenvalue weighted by molar-refractivity contribution is 7.83. The Hall–Kier alpha value is -4.01. The van der Waals surface area contributed by atoms with Gasteiger partial charge in [0, 0.05) is 24.0 Å². The Morgan fingerprint density at radius 3 is 2.51 bits per heavy atom. The van der Waals surface area contributed by atoms with Gasteiger partial charge in [-0.2, -0.15) is 12.6 Å². The first-order chi connectivity index (χ1) is 17.8. The van der Waals surface area contributed by atoms with Crippen molar-refractivity contribution in [2.45, 2.75) is 6.54 Å². The molecule has 0 aliphatic carbocycles. The number of ether oxygens (including phenoxy) is 1. The van der Waals surface area contributed by atoms with Crippen LogP contribution in [0.2, 0.25) is 5.02 Å². The fourth-order valence-corrected chi connectivity index (χ4v) is 4.01. The zero-order valence-corrected chi connectivity index (χ0v) is 21.4. The predicted molar refractivity (Wildman–Crippen MR) is 147 cm³/mol. The molecule has 0 radical (unpaired) electrons. The summed E-state index contributed by atoms with van der Waals surface area (Å²) in [5.41, 5.74) is 4.14. The SMILES string of the molecule is C=C(/C=C\S)COc1ccc(CN(CC(=O)O)C(=O)c2cn3ccc(-c4ccc(Cl)cc4)cc3n2)cc1. The molecule has 7 nitrogen and oxygen atoms in total. The van der Waals surface area contributed by atoms with E-state index in [1.807, 2.05) is 42.6 Å². The summed E-state index contributed by atoms with van der Waals surface area (Å²) in [7, 11) is 0. The fourth-order valence-electron chi connectivity index (χ4n) is 3.67. The summed E-state index contributed by atoms with van der Waals surface area (Å²) in [6.07, 6.45) is 5.15. The topological polar surface area (TPSA) is 84.1 Å². The van der Waals surface area contributed by atoms with E-state index < -0.39 is 18.4 Å². The van der Waals surface area contributed by atoms with E-state index in [4.69, 9.17) is 16.3 Å². The molecule has 0 unspecified atom stereocenters. The molecule has 0 saturated heterocycles. The first kappa shape index (κ1) is 26.1. The van der Waals surface area contributed by atoms with Crippen LogP contribution in [0.15, 0.2) is 96.7 Å². The molecule has 4 aromatic rings. The summed E-state index contributed by atoms with van der Waals surface area (Å²) in [5.74, 6) is -0.961. The molecule has 2 heterocycles. The van der Waals surface area contributed by atoms with Gasteiger partial charge in [-0.1, -0.05) is 48.5 Å². The molecule has 0 bridgehead atoms. The third kappa shape index (κ3) is 6.81. The summed E-state index contributed by atoms with van der Waals surface area (Å²) in [6, 6.07) is 18.3. The number of pyridine rings is 1. The molecule has 2 aromatic heterocycles. The minimum absolute atomic E-state index is 0.102. The lowest BCUT2D eigenvalue weighted by atomic mass is 10.1. The highest BCUT2D eigenvalue weighted by atomic mass is 35.5. The lowest BCUT2D eigenvalue weighted by molar-refractivity contribution is -0.137. The number of amides is 1. The van der Waals surface area contributed by atoms with Crippen LogP contribution < -0.4 is 4.74 Å². The van der Waals surface area contributed by atoms with E-state index in [-0.39, 0.29) is 12.2 Å². The minimum Gasteiger partial charge on any atom is -0.489 e. The highest BCUT2D eigenvalue weighted by Gasteiger charge is 2.22. The quantitative estimate of drug-likeness (QED) is 0.200. The van der Waals surface area contributed by atoms with E-state index in [1.165, 1.54) is 4.90 Å². The van der Waals surface area contributed by atoms with Gasteiger partial charge in [0.05, 0.1) is 0 Å². The molecule has 1 N–H and O–H groups in total. The van der Waals surface area contributed by atoms with Crippen molar-refractivity contribution in [2.75, 3.05) is 13.2 Å². The van der Waals surface area contributed by atoms with Crippen LogP contribution in [0, 0.1) is 0 Å². The third-order valence-corrected chi connectivity index (χ3v) is 5.90. The van der Waals surface area contributed by atoms with Crippen molar-refractivity contribution >= 4 is 41.8 Å². The summed E-state index contributed by atoms with van der Waals surface area (Å²) >= 11 is 9.99. The van der Waals surface area contributed by atoms with Crippen LogP contribution >= 0.6 is 24.2 Å². The molecule has 0 saturated carbocycles. The van der Waals surface area contributed by atoms with Crippen molar-refractivity contribution < 1.29 is 19.4 Å². The van der Waals surface area contributed by atoms with Crippen molar-refractivity contribution in [3.8, 4) is 16.9 Å². The highest BCUT2D eigenvalue weighted by Crippen LogP contribution is 2.23. The predicted octanol–water partition coefficient (Wildman–Crippen LogP) is 5.76. The number of carboxylic acid groups (broad SMARTS) is 1. The molecule has 1 amide bonds. The van der Waals surface area contributed by atoms with Gasteiger partial charge < -0.3 is 19.1 Å². The van der Waals surface area contributed by atoms with E-state index in [1.54, 1.807) is 46.3 Å². The van der Waals surface area contributed by atoms with E-state index in [0.717, 1.165) is 22.3 Å². The van der Waals surface area contributed by atoms with Gasteiger partial charge in [-0.25, -0.2) is 4.98 Å². The van der Waals surface area contributed by atoms with E-state index in [0.29, 0.717) is 23.0 Å². The van der Waals surface area contributed by atoms with Crippen LogP contribution in [0.5, 0.6) is 5.75 Å². The molecule has 188 valence electrons. The second-order valence-electron chi connectivity index (χ2n) is 8.28. The number of carboxylic acids is 1. The van der Waals surface area contributed by atoms with Crippen molar-refractivity contribution in [1.82, 2.24) is 14.3 Å². The van der Waals surface area contributed by atoms with Crippen LogP contribution in [0.1, 0.15) is 16.1 Å². The standard InChI is InChI=1S/C28H24ClN3O4S/c1-19(11-13-37)18-36-24-8-2-20(3-9-24)15-32(17-27(33)34)28(35)25-16-31-12-10-22(14-26(31)30-25)21-4-6-23(29)7-5-21/h2-14,16,37H,1,15,17-18H2,(H,33,34)/b13-11-.